The fraction of sp³-hybridized carbons (Fsp3) is 0.385. The summed E-state index contributed by atoms with van der Waals surface area (Å²) in [5, 5.41) is 9.21. The second-order valence-corrected chi connectivity index (χ2v) is 4.81. The number of anilines is 1. The zero-order valence-corrected chi connectivity index (χ0v) is 11.0. The third-order valence-corrected chi connectivity index (χ3v) is 3.14. The normalized spacial score (nSPS) is 11.1. The maximum Gasteiger partial charge on any atom is 0.328 e. The minimum atomic E-state index is -1.13. The van der Waals surface area contributed by atoms with Crippen LogP contribution in [0.3, 0.4) is 0 Å². The number of hydrogen-bond donors (Lipinski definition) is 2. The first-order chi connectivity index (χ1) is 8.17. The highest BCUT2D eigenvalue weighted by molar-refractivity contribution is 5.99. The van der Waals surface area contributed by atoms with Gasteiger partial charge in [0.2, 0.25) is 0 Å². The average molecular weight is 250 g/mol. The van der Waals surface area contributed by atoms with Gasteiger partial charge in [0.15, 0.2) is 0 Å². The first kappa shape index (κ1) is 14.0. The summed E-state index contributed by atoms with van der Waals surface area (Å²) < 4.78 is 0. The molecule has 0 saturated carbocycles. The summed E-state index contributed by atoms with van der Waals surface area (Å²) in [7, 11) is 1.63. The third-order valence-electron chi connectivity index (χ3n) is 3.14. The number of hydrogen-bond acceptors (Lipinski definition) is 3. The molecule has 98 valence electrons. The molecule has 0 bridgehead atoms. The standard InChI is InChI=1S/C13H18N2O3/c1-8-5-6-9(11(14)16)10(7-8)15(4)13(2,3)12(17)18/h5-7H,1-4H3,(H2,14,16)(H,17,18). The summed E-state index contributed by atoms with van der Waals surface area (Å²) in [4.78, 5) is 24.2. The van der Waals surface area contributed by atoms with Crippen LogP contribution in [0.2, 0.25) is 0 Å². The van der Waals surface area contributed by atoms with Gasteiger partial charge in [-0.1, -0.05) is 6.07 Å². The number of rotatable bonds is 4. The molecule has 5 heteroatoms. The predicted molar refractivity (Wildman–Crippen MR) is 69.8 cm³/mol. The van der Waals surface area contributed by atoms with Crippen LogP contribution in [0.15, 0.2) is 18.2 Å². The van der Waals surface area contributed by atoms with Crippen molar-refractivity contribution in [3.05, 3.63) is 29.3 Å². The SMILES string of the molecule is Cc1ccc(C(N)=O)c(N(C)C(C)(C)C(=O)O)c1. The Balaban J connectivity index is 3.36. The zero-order chi connectivity index (χ0) is 14.1. The van der Waals surface area contributed by atoms with Gasteiger partial charge in [0.05, 0.1) is 11.3 Å². The third kappa shape index (κ3) is 2.45. The van der Waals surface area contributed by atoms with Crippen molar-refractivity contribution in [2.75, 3.05) is 11.9 Å². The molecule has 0 atom stereocenters. The number of aryl methyl sites for hydroxylation is 1. The molecule has 1 aromatic carbocycles. The molecule has 5 nitrogen and oxygen atoms in total. The Morgan fingerprint density at radius 1 is 1.33 bits per heavy atom. The van der Waals surface area contributed by atoms with Crippen LogP contribution in [-0.4, -0.2) is 29.6 Å². The molecule has 0 aliphatic heterocycles. The number of carbonyl (C=O) groups is 2. The molecule has 1 rings (SSSR count). The number of benzene rings is 1. The molecule has 0 aromatic heterocycles. The molecule has 0 radical (unpaired) electrons. The highest BCUT2D eigenvalue weighted by Gasteiger charge is 2.33. The summed E-state index contributed by atoms with van der Waals surface area (Å²) >= 11 is 0. The van der Waals surface area contributed by atoms with Crippen molar-refractivity contribution in [3.8, 4) is 0 Å². The summed E-state index contributed by atoms with van der Waals surface area (Å²) in [6.45, 7) is 5.01. The number of carboxylic acids is 1. The van der Waals surface area contributed by atoms with E-state index < -0.39 is 17.4 Å². The van der Waals surface area contributed by atoms with Crippen molar-refractivity contribution in [1.29, 1.82) is 0 Å². The molecule has 0 unspecified atom stereocenters. The lowest BCUT2D eigenvalue weighted by Crippen LogP contribution is -2.48. The molecule has 0 saturated heterocycles. The van der Waals surface area contributed by atoms with E-state index in [0.29, 0.717) is 11.3 Å². The van der Waals surface area contributed by atoms with Crippen LogP contribution in [0, 0.1) is 6.92 Å². The van der Waals surface area contributed by atoms with E-state index in [2.05, 4.69) is 0 Å². The van der Waals surface area contributed by atoms with E-state index in [9.17, 15) is 14.7 Å². The predicted octanol–water partition coefficient (Wildman–Crippen LogP) is 1.39. The Bertz CT molecular complexity index is 495. The van der Waals surface area contributed by atoms with Crippen molar-refractivity contribution in [2.24, 2.45) is 5.73 Å². The Kier molecular flexibility index (Phi) is 3.65. The number of nitrogens with zero attached hydrogens (tertiary/aromatic N) is 1. The second kappa shape index (κ2) is 4.68. The van der Waals surface area contributed by atoms with Gasteiger partial charge in [-0.2, -0.15) is 0 Å². The van der Waals surface area contributed by atoms with Gasteiger partial charge in [-0.15, -0.1) is 0 Å². The first-order valence-corrected chi connectivity index (χ1v) is 5.55. The maximum atomic E-state index is 11.4. The number of amides is 1. The van der Waals surface area contributed by atoms with E-state index >= 15 is 0 Å². The summed E-state index contributed by atoms with van der Waals surface area (Å²) in [5.41, 5.74) is 5.96. The second-order valence-electron chi connectivity index (χ2n) is 4.81. The highest BCUT2D eigenvalue weighted by Crippen LogP contribution is 2.27. The molecular formula is C13H18N2O3. The number of carbonyl (C=O) groups excluding carboxylic acids is 1. The van der Waals surface area contributed by atoms with Crippen molar-refractivity contribution in [1.82, 2.24) is 0 Å². The largest absolute Gasteiger partial charge is 0.480 e. The quantitative estimate of drug-likeness (QED) is 0.845. The van der Waals surface area contributed by atoms with Crippen LogP contribution in [0.5, 0.6) is 0 Å². The fourth-order valence-corrected chi connectivity index (χ4v) is 1.57. The van der Waals surface area contributed by atoms with Gasteiger partial charge in [-0.05, 0) is 38.5 Å². The lowest BCUT2D eigenvalue weighted by atomic mass is 10.00. The summed E-state index contributed by atoms with van der Waals surface area (Å²) in [6.07, 6.45) is 0. The number of aliphatic carboxylic acids is 1. The smallest absolute Gasteiger partial charge is 0.328 e. The molecule has 0 heterocycles. The van der Waals surface area contributed by atoms with Crippen LogP contribution >= 0.6 is 0 Å². The Morgan fingerprint density at radius 3 is 2.33 bits per heavy atom. The van der Waals surface area contributed by atoms with Crippen LogP contribution < -0.4 is 10.6 Å². The van der Waals surface area contributed by atoms with E-state index in [-0.39, 0.29) is 0 Å². The number of likely N-dealkylation sites (N-methyl/N-ethyl adjacent to an activating group) is 1. The highest BCUT2D eigenvalue weighted by atomic mass is 16.4. The van der Waals surface area contributed by atoms with E-state index in [0.717, 1.165) is 5.56 Å². The topological polar surface area (TPSA) is 83.6 Å². The molecule has 3 N–H and O–H groups in total. The lowest BCUT2D eigenvalue weighted by molar-refractivity contribution is -0.142. The molecule has 0 spiro atoms. The molecule has 0 fully saturated rings. The Labute approximate surface area is 106 Å². The molecule has 1 amide bonds. The number of primary amides is 1. The molecule has 0 aliphatic rings. The van der Waals surface area contributed by atoms with E-state index in [1.54, 1.807) is 44.0 Å². The van der Waals surface area contributed by atoms with Gasteiger partial charge in [0.25, 0.3) is 5.91 Å². The van der Waals surface area contributed by atoms with Gasteiger partial charge in [-0.25, -0.2) is 4.79 Å². The average Bonchev–Trinajstić information content (AvgIpc) is 2.27. The van der Waals surface area contributed by atoms with Gasteiger partial charge in [-0.3, -0.25) is 4.79 Å². The van der Waals surface area contributed by atoms with Gasteiger partial charge in [0, 0.05) is 7.05 Å². The van der Waals surface area contributed by atoms with Crippen LogP contribution in [0.25, 0.3) is 0 Å². The van der Waals surface area contributed by atoms with Crippen molar-refractivity contribution < 1.29 is 14.7 Å². The monoisotopic (exact) mass is 250 g/mol. The van der Waals surface area contributed by atoms with Crippen LogP contribution in [0.4, 0.5) is 5.69 Å². The minimum Gasteiger partial charge on any atom is -0.480 e. The fourth-order valence-electron chi connectivity index (χ4n) is 1.57. The van der Waals surface area contributed by atoms with Crippen molar-refractivity contribution in [2.45, 2.75) is 26.3 Å². The van der Waals surface area contributed by atoms with Gasteiger partial charge >= 0.3 is 5.97 Å². The van der Waals surface area contributed by atoms with Crippen LogP contribution in [0.1, 0.15) is 29.8 Å². The van der Waals surface area contributed by atoms with E-state index in [4.69, 9.17) is 5.73 Å². The lowest BCUT2D eigenvalue weighted by Gasteiger charge is -2.34. The molecule has 18 heavy (non-hydrogen) atoms. The number of carboxylic acid groups (broad SMARTS) is 1. The van der Waals surface area contributed by atoms with Crippen molar-refractivity contribution in [3.63, 3.8) is 0 Å². The van der Waals surface area contributed by atoms with Gasteiger partial charge < -0.3 is 15.7 Å². The van der Waals surface area contributed by atoms with E-state index in [1.165, 1.54) is 0 Å². The van der Waals surface area contributed by atoms with Crippen molar-refractivity contribution >= 4 is 17.6 Å². The Morgan fingerprint density at radius 2 is 1.89 bits per heavy atom. The van der Waals surface area contributed by atoms with Crippen LogP contribution in [-0.2, 0) is 4.79 Å². The summed E-state index contributed by atoms with van der Waals surface area (Å²) in [6, 6.07) is 5.14. The first-order valence-electron chi connectivity index (χ1n) is 5.55. The van der Waals surface area contributed by atoms with E-state index in [1.807, 2.05) is 6.92 Å². The molecule has 1 aromatic rings. The minimum absolute atomic E-state index is 0.317. The summed E-state index contributed by atoms with van der Waals surface area (Å²) in [5.74, 6) is -1.54. The molecule has 0 aliphatic carbocycles. The Hall–Kier alpha value is -2.04. The maximum absolute atomic E-state index is 11.4. The number of nitrogens with two attached hydrogens (primary N) is 1. The zero-order valence-electron chi connectivity index (χ0n) is 11.0. The molecular weight excluding hydrogens is 232 g/mol. The van der Waals surface area contributed by atoms with Gasteiger partial charge in [0.1, 0.15) is 5.54 Å².